The van der Waals surface area contributed by atoms with Crippen molar-refractivity contribution in [3.05, 3.63) is 114 Å². The third kappa shape index (κ3) is 5.25. The summed E-state index contributed by atoms with van der Waals surface area (Å²) < 4.78 is 0. The van der Waals surface area contributed by atoms with Crippen LogP contribution in [0.4, 0.5) is 0 Å². The van der Waals surface area contributed by atoms with Crippen LogP contribution >= 0.6 is 0 Å². The molecule has 3 aromatic carbocycles. The molecule has 3 rings (SSSR count). The Balaban J connectivity index is 1.76. The van der Waals surface area contributed by atoms with Crippen molar-refractivity contribution in [2.24, 2.45) is 5.10 Å². The smallest absolute Gasteiger partial charge is 0.252 e. The first kappa shape index (κ1) is 18.3. The molecule has 3 nitrogen and oxygen atoms in total. The van der Waals surface area contributed by atoms with Crippen LogP contribution in [0, 0.1) is 0 Å². The van der Waals surface area contributed by atoms with Crippen LogP contribution in [0.1, 0.15) is 29.5 Å². The predicted molar refractivity (Wildman–Crippen MR) is 111 cm³/mol. The van der Waals surface area contributed by atoms with Gasteiger partial charge in [0.25, 0.3) is 5.91 Å². The van der Waals surface area contributed by atoms with Crippen LogP contribution in [0.3, 0.4) is 0 Å². The number of amides is 1. The van der Waals surface area contributed by atoms with Crippen molar-refractivity contribution in [3.63, 3.8) is 0 Å². The molecule has 0 fully saturated rings. The Morgan fingerprint density at radius 1 is 0.815 bits per heavy atom. The van der Waals surface area contributed by atoms with Crippen LogP contribution in [0.2, 0.25) is 0 Å². The Morgan fingerprint density at radius 3 is 1.81 bits per heavy atom. The molecule has 0 spiro atoms. The number of nitrogens with one attached hydrogen (secondary N) is 1. The van der Waals surface area contributed by atoms with Crippen molar-refractivity contribution in [1.29, 1.82) is 0 Å². The van der Waals surface area contributed by atoms with Gasteiger partial charge in [0.15, 0.2) is 0 Å². The molecule has 0 aliphatic heterocycles. The van der Waals surface area contributed by atoms with Gasteiger partial charge in [-0.05, 0) is 29.7 Å². The highest BCUT2D eigenvalue weighted by molar-refractivity contribution is 5.97. The SMILES string of the molecule is CC(/C=C\c1ccccc1)=N\NC(=O)C(c1ccccc1)c1ccccc1. The molecule has 0 aliphatic rings. The van der Waals surface area contributed by atoms with Gasteiger partial charge in [-0.2, -0.15) is 5.10 Å². The third-order valence-electron chi connectivity index (χ3n) is 4.19. The van der Waals surface area contributed by atoms with E-state index >= 15 is 0 Å². The summed E-state index contributed by atoms with van der Waals surface area (Å²) in [5, 5.41) is 4.24. The number of hydrazone groups is 1. The average molecular weight is 354 g/mol. The lowest BCUT2D eigenvalue weighted by Gasteiger charge is -2.16. The van der Waals surface area contributed by atoms with E-state index in [0.717, 1.165) is 22.4 Å². The van der Waals surface area contributed by atoms with Crippen LogP contribution in [-0.4, -0.2) is 11.6 Å². The van der Waals surface area contributed by atoms with Crippen molar-refractivity contribution >= 4 is 17.7 Å². The molecular weight excluding hydrogens is 332 g/mol. The molecular formula is C24H22N2O. The normalized spacial score (nSPS) is 11.7. The van der Waals surface area contributed by atoms with Crippen molar-refractivity contribution in [1.82, 2.24) is 5.43 Å². The van der Waals surface area contributed by atoms with Gasteiger partial charge in [-0.1, -0.05) is 97.1 Å². The third-order valence-corrected chi connectivity index (χ3v) is 4.19. The summed E-state index contributed by atoms with van der Waals surface area (Å²) in [7, 11) is 0. The fourth-order valence-corrected chi connectivity index (χ4v) is 2.81. The molecule has 134 valence electrons. The summed E-state index contributed by atoms with van der Waals surface area (Å²) in [6.07, 6.45) is 3.85. The molecule has 0 aliphatic carbocycles. The Kier molecular flexibility index (Phi) is 6.31. The highest BCUT2D eigenvalue weighted by Crippen LogP contribution is 2.24. The molecule has 0 saturated carbocycles. The lowest BCUT2D eigenvalue weighted by Crippen LogP contribution is -2.26. The molecule has 3 heteroatoms. The van der Waals surface area contributed by atoms with E-state index in [4.69, 9.17) is 0 Å². The van der Waals surface area contributed by atoms with E-state index in [0.29, 0.717) is 0 Å². The zero-order chi connectivity index (χ0) is 18.9. The van der Waals surface area contributed by atoms with Crippen LogP contribution in [0.5, 0.6) is 0 Å². The summed E-state index contributed by atoms with van der Waals surface area (Å²) in [5.74, 6) is -0.554. The molecule has 0 bridgehead atoms. The van der Waals surface area contributed by atoms with Gasteiger partial charge in [0, 0.05) is 0 Å². The molecule has 0 saturated heterocycles. The summed E-state index contributed by atoms with van der Waals surface area (Å²) >= 11 is 0. The second kappa shape index (κ2) is 9.30. The summed E-state index contributed by atoms with van der Waals surface area (Å²) in [6, 6.07) is 29.5. The number of carbonyl (C=O) groups is 1. The van der Waals surface area contributed by atoms with Crippen LogP contribution < -0.4 is 5.43 Å². The standard InChI is InChI=1S/C24H22N2O/c1-19(17-18-20-11-5-2-6-12-20)25-26-24(27)23(21-13-7-3-8-14-21)22-15-9-4-10-16-22/h2-18,23H,1H3,(H,26,27)/b18-17-,25-19+. The van der Waals surface area contributed by atoms with Gasteiger partial charge in [-0.25, -0.2) is 5.43 Å². The van der Waals surface area contributed by atoms with E-state index in [1.54, 1.807) is 0 Å². The number of carbonyl (C=O) groups excluding carboxylic acids is 1. The summed E-state index contributed by atoms with van der Waals surface area (Å²) in [4.78, 5) is 12.9. The van der Waals surface area contributed by atoms with E-state index in [-0.39, 0.29) is 5.91 Å². The Hall–Kier alpha value is -3.46. The molecule has 27 heavy (non-hydrogen) atoms. The minimum atomic E-state index is -0.401. The molecule has 0 heterocycles. The minimum absolute atomic E-state index is 0.153. The Morgan fingerprint density at radius 2 is 1.30 bits per heavy atom. The lowest BCUT2D eigenvalue weighted by molar-refractivity contribution is -0.121. The zero-order valence-corrected chi connectivity index (χ0v) is 15.2. The van der Waals surface area contributed by atoms with Gasteiger partial charge in [-0.3, -0.25) is 4.79 Å². The lowest BCUT2D eigenvalue weighted by atomic mass is 9.91. The predicted octanol–water partition coefficient (Wildman–Crippen LogP) is 5.02. The topological polar surface area (TPSA) is 41.5 Å². The monoisotopic (exact) mass is 354 g/mol. The van der Waals surface area contributed by atoms with E-state index in [1.807, 2.05) is 110 Å². The van der Waals surface area contributed by atoms with E-state index in [1.165, 1.54) is 0 Å². The molecule has 0 aromatic heterocycles. The number of allylic oxidation sites excluding steroid dienone is 1. The van der Waals surface area contributed by atoms with Crippen molar-refractivity contribution < 1.29 is 4.79 Å². The van der Waals surface area contributed by atoms with Crippen molar-refractivity contribution in [2.75, 3.05) is 0 Å². The van der Waals surface area contributed by atoms with Crippen LogP contribution in [-0.2, 0) is 4.79 Å². The van der Waals surface area contributed by atoms with Gasteiger partial charge in [0.2, 0.25) is 0 Å². The highest BCUT2D eigenvalue weighted by Gasteiger charge is 2.22. The van der Waals surface area contributed by atoms with Gasteiger partial charge < -0.3 is 0 Å². The number of benzene rings is 3. The summed E-state index contributed by atoms with van der Waals surface area (Å²) in [6.45, 7) is 1.86. The Bertz CT molecular complexity index is 877. The minimum Gasteiger partial charge on any atom is -0.272 e. The maximum atomic E-state index is 12.9. The maximum Gasteiger partial charge on any atom is 0.252 e. The van der Waals surface area contributed by atoms with Crippen molar-refractivity contribution in [3.8, 4) is 0 Å². The number of rotatable bonds is 6. The largest absolute Gasteiger partial charge is 0.272 e. The first-order chi connectivity index (χ1) is 13.2. The maximum absolute atomic E-state index is 12.9. The van der Waals surface area contributed by atoms with E-state index in [2.05, 4.69) is 10.5 Å². The first-order valence-corrected chi connectivity index (χ1v) is 8.91. The average Bonchev–Trinajstić information content (AvgIpc) is 2.73. The van der Waals surface area contributed by atoms with Crippen molar-refractivity contribution in [2.45, 2.75) is 12.8 Å². The number of nitrogens with zero attached hydrogens (tertiary/aromatic N) is 1. The second-order valence-electron chi connectivity index (χ2n) is 6.23. The van der Waals surface area contributed by atoms with Gasteiger partial charge >= 0.3 is 0 Å². The van der Waals surface area contributed by atoms with E-state index in [9.17, 15) is 4.79 Å². The van der Waals surface area contributed by atoms with E-state index < -0.39 is 5.92 Å². The summed E-state index contributed by atoms with van der Waals surface area (Å²) in [5.41, 5.74) is 6.41. The zero-order valence-electron chi connectivity index (χ0n) is 15.2. The quantitative estimate of drug-likeness (QED) is 0.490. The van der Waals surface area contributed by atoms with Gasteiger partial charge in [-0.15, -0.1) is 0 Å². The molecule has 0 unspecified atom stereocenters. The molecule has 0 radical (unpaired) electrons. The highest BCUT2D eigenvalue weighted by atomic mass is 16.2. The number of hydrogen-bond donors (Lipinski definition) is 1. The fraction of sp³-hybridized carbons (Fsp3) is 0.0833. The molecule has 1 N–H and O–H groups in total. The molecule has 0 atom stereocenters. The van der Waals surface area contributed by atoms with Crippen LogP contribution in [0.25, 0.3) is 6.08 Å². The van der Waals surface area contributed by atoms with Crippen LogP contribution in [0.15, 0.2) is 102 Å². The Labute approximate surface area is 160 Å². The molecule has 1 amide bonds. The molecule has 3 aromatic rings. The van der Waals surface area contributed by atoms with Gasteiger partial charge in [0.1, 0.15) is 0 Å². The van der Waals surface area contributed by atoms with Gasteiger partial charge in [0.05, 0.1) is 11.6 Å². The first-order valence-electron chi connectivity index (χ1n) is 8.91. The second-order valence-corrected chi connectivity index (χ2v) is 6.23. The fourth-order valence-electron chi connectivity index (χ4n) is 2.81. The number of hydrogen-bond acceptors (Lipinski definition) is 2.